The summed E-state index contributed by atoms with van der Waals surface area (Å²) in [4.78, 5) is 38.5. The van der Waals surface area contributed by atoms with E-state index in [2.05, 4.69) is 17.1 Å². The fraction of sp³-hybridized carbons (Fsp3) is 0.500. The standard InChI is InChI=1S/C30H37FN2O5/c1-20-14-17-33(18-15-20)24-9-4-21(5-10-24)29(35)32-16-2-3-27(34)23-8-13-28(26(31)19-23)38-25-11-6-22(7-12-25)30(36)37/h4-5,8-10,13,19-20,22,25H,2-3,6-7,11-12,14-18H2,1H3,(H,32,35)(H,36,37). The number of nitrogens with one attached hydrogen (secondary N) is 1. The molecule has 1 amide bonds. The Morgan fingerprint density at radius 3 is 2.26 bits per heavy atom. The minimum Gasteiger partial charge on any atom is -0.487 e. The van der Waals surface area contributed by atoms with Crippen LogP contribution in [0.3, 0.4) is 0 Å². The topological polar surface area (TPSA) is 95.9 Å². The molecule has 7 nitrogen and oxygen atoms in total. The number of hydrogen-bond donors (Lipinski definition) is 2. The maximum Gasteiger partial charge on any atom is 0.306 e. The monoisotopic (exact) mass is 524 g/mol. The number of ketones is 1. The molecule has 0 unspecified atom stereocenters. The molecule has 1 saturated carbocycles. The Morgan fingerprint density at radius 1 is 0.974 bits per heavy atom. The van der Waals surface area contributed by atoms with Crippen molar-refractivity contribution in [3.05, 3.63) is 59.4 Å². The van der Waals surface area contributed by atoms with E-state index in [4.69, 9.17) is 9.84 Å². The molecular formula is C30H37FN2O5. The molecule has 1 heterocycles. The molecule has 204 valence electrons. The number of benzene rings is 2. The largest absolute Gasteiger partial charge is 0.487 e. The molecule has 2 aromatic carbocycles. The van der Waals surface area contributed by atoms with Crippen molar-refractivity contribution in [1.29, 1.82) is 0 Å². The zero-order chi connectivity index (χ0) is 27.1. The Labute approximate surface area is 223 Å². The van der Waals surface area contributed by atoms with Gasteiger partial charge in [0.25, 0.3) is 5.91 Å². The van der Waals surface area contributed by atoms with Gasteiger partial charge in [0, 0.05) is 42.9 Å². The third-order valence-corrected chi connectivity index (χ3v) is 7.72. The van der Waals surface area contributed by atoms with E-state index in [1.165, 1.54) is 25.0 Å². The highest BCUT2D eigenvalue weighted by molar-refractivity contribution is 5.96. The predicted octanol–water partition coefficient (Wildman–Crippen LogP) is 5.48. The lowest BCUT2D eigenvalue weighted by Crippen LogP contribution is -2.32. The van der Waals surface area contributed by atoms with Crippen LogP contribution in [0.1, 0.15) is 79.0 Å². The Morgan fingerprint density at radius 2 is 1.63 bits per heavy atom. The van der Waals surface area contributed by atoms with Crippen LogP contribution in [0.5, 0.6) is 5.75 Å². The fourth-order valence-corrected chi connectivity index (χ4v) is 5.16. The first-order chi connectivity index (χ1) is 18.3. The number of carboxylic acid groups (broad SMARTS) is 1. The number of rotatable bonds is 10. The molecule has 2 aromatic rings. The molecule has 38 heavy (non-hydrogen) atoms. The molecule has 2 N–H and O–H groups in total. The lowest BCUT2D eigenvalue weighted by Gasteiger charge is -2.32. The Balaban J connectivity index is 1.18. The molecular weight excluding hydrogens is 487 g/mol. The molecule has 0 aromatic heterocycles. The number of hydrogen-bond acceptors (Lipinski definition) is 5. The second kappa shape index (κ2) is 12.9. The number of aliphatic carboxylic acids is 1. The number of Topliss-reactive ketones (excluding diaryl/α,β-unsaturated/α-hetero) is 1. The summed E-state index contributed by atoms with van der Waals surface area (Å²) in [7, 11) is 0. The van der Waals surface area contributed by atoms with Crippen molar-refractivity contribution in [1.82, 2.24) is 5.32 Å². The normalized spacial score (nSPS) is 20.1. The summed E-state index contributed by atoms with van der Waals surface area (Å²) in [5.41, 5.74) is 1.98. The molecule has 0 spiro atoms. The Bertz CT molecular complexity index is 1120. The first-order valence-electron chi connectivity index (χ1n) is 13.7. The van der Waals surface area contributed by atoms with Crippen molar-refractivity contribution < 1.29 is 28.6 Å². The highest BCUT2D eigenvalue weighted by atomic mass is 19.1. The molecule has 1 aliphatic carbocycles. The van der Waals surface area contributed by atoms with E-state index in [0.717, 1.165) is 24.7 Å². The maximum absolute atomic E-state index is 14.6. The van der Waals surface area contributed by atoms with Crippen molar-refractivity contribution >= 4 is 23.3 Å². The summed E-state index contributed by atoms with van der Waals surface area (Å²) >= 11 is 0. The minimum atomic E-state index is -0.798. The molecule has 1 aliphatic heterocycles. The van der Waals surface area contributed by atoms with Gasteiger partial charge in [-0.1, -0.05) is 6.92 Å². The van der Waals surface area contributed by atoms with Crippen LogP contribution in [0.4, 0.5) is 10.1 Å². The van der Waals surface area contributed by atoms with Gasteiger partial charge < -0.3 is 20.1 Å². The fourth-order valence-electron chi connectivity index (χ4n) is 5.16. The summed E-state index contributed by atoms with van der Waals surface area (Å²) < 4.78 is 20.3. The van der Waals surface area contributed by atoms with Gasteiger partial charge in [-0.2, -0.15) is 0 Å². The number of carboxylic acids is 1. The first kappa shape index (κ1) is 27.6. The highest BCUT2D eigenvalue weighted by Crippen LogP contribution is 2.29. The van der Waals surface area contributed by atoms with Gasteiger partial charge in [-0.05, 0) is 93.3 Å². The van der Waals surface area contributed by atoms with E-state index in [0.29, 0.717) is 44.2 Å². The zero-order valence-electron chi connectivity index (χ0n) is 22.0. The summed E-state index contributed by atoms with van der Waals surface area (Å²) in [6.07, 6.45) is 4.92. The molecule has 8 heteroatoms. The number of halogens is 1. The van der Waals surface area contributed by atoms with Crippen LogP contribution in [-0.2, 0) is 4.79 Å². The van der Waals surface area contributed by atoms with Gasteiger partial charge in [0.2, 0.25) is 0 Å². The Kier molecular flexibility index (Phi) is 9.37. The second-order valence-corrected chi connectivity index (χ2v) is 10.6. The van der Waals surface area contributed by atoms with E-state index >= 15 is 0 Å². The van der Waals surface area contributed by atoms with Crippen LogP contribution in [-0.4, -0.2) is 48.5 Å². The van der Waals surface area contributed by atoms with Gasteiger partial charge in [0.15, 0.2) is 17.3 Å². The maximum atomic E-state index is 14.6. The van der Waals surface area contributed by atoms with Crippen LogP contribution >= 0.6 is 0 Å². The van der Waals surface area contributed by atoms with Crippen molar-refractivity contribution in [2.24, 2.45) is 11.8 Å². The molecule has 1 saturated heterocycles. The minimum absolute atomic E-state index is 0.0773. The van der Waals surface area contributed by atoms with E-state index in [1.807, 2.05) is 24.3 Å². The van der Waals surface area contributed by atoms with Gasteiger partial charge in [-0.25, -0.2) is 4.39 Å². The molecule has 0 radical (unpaired) electrons. The van der Waals surface area contributed by atoms with E-state index in [9.17, 15) is 18.8 Å². The van der Waals surface area contributed by atoms with Crippen LogP contribution < -0.4 is 15.0 Å². The van der Waals surface area contributed by atoms with Gasteiger partial charge in [-0.3, -0.25) is 14.4 Å². The summed E-state index contributed by atoms with van der Waals surface area (Å²) in [6.45, 7) is 4.70. The smallest absolute Gasteiger partial charge is 0.306 e. The van der Waals surface area contributed by atoms with Gasteiger partial charge in [0.1, 0.15) is 0 Å². The second-order valence-electron chi connectivity index (χ2n) is 10.6. The van der Waals surface area contributed by atoms with Crippen LogP contribution in [0.15, 0.2) is 42.5 Å². The average Bonchev–Trinajstić information content (AvgIpc) is 2.92. The van der Waals surface area contributed by atoms with Gasteiger partial charge >= 0.3 is 5.97 Å². The van der Waals surface area contributed by atoms with Crippen molar-refractivity contribution in [3.8, 4) is 5.75 Å². The Hall–Kier alpha value is -3.42. The SMILES string of the molecule is CC1CCN(c2ccc(C(=O)NCCCC(=O)c3ccc(OC4CCC(C(=O)O)CC4)c(F)c3)cc2)CC1. The number of amides is 1. The van der Waals surface area contributed by atoms with E-state index in [1.54, 1.807) is 6.07 Å². The lowest BCUT2D eigenvalue weighted by molar-refractivity contribution is -0.143. The number of ether oxygens (including phenoxy) is 1. The van der Waals surface area contributed by atoms with Crippen molar-refractivity contribution in [2.45, 2.75) is 64.4 Å². The summed E-state index contributed by atoms with van der Waals surface area (Å²) in [5, 5.41) is 12.0. The van der Waals surface area contributed by atoms with Crippen LogP contribution in [0, 0.1) is 17.7 Å². The van der Waals surface area contributed by atoms with Gasteiger partial charge in [0.05, 0.1) is 12.0 Å². The number of carbonyl (C=O) groups excluding carboxylic acids is 2. The van der Waals surface area contributed by atoms with E-state index < -0.39 is 11.8 Å². The number of piperidine rings is 1. The highest BCUT2D eigenvalue weighted by Gasteiger charge is 2.27. The third-order valence-electron chi connectivity index (χ3n) is 7.72. The first-order valence-corrected chi connectivity index (χ1v) is 13.7. The molecule has 0 atom stereocenters. The molecule has 2 fully saturated rings. The number of anilines is 1. The van der Waals surface area contributed by atoms with Gasteiger partial charge in [-0.15, -0.1) is 0 Å². The predicted molar refractivity (Wildman–Crippen MR) is 143 cm³/mol. The molecule has 0 bridgehead atoms. The van der Waals surface area contributed by atoms with Crippen LogP contribution in [0.25, 0.3) is 0 Å². The zero-order valence-corrected chi connectivity index (χ0v) is 22.0. The number of nitrogens with zero attached hydrogens (tertiary/aromatic N) is 1. The molecule has 4 rings (SSSR count). The average molecular weight is 525 g/mol. The number of carbonyl (C=O) groups is 3. The van der Waals surface area contributed by atoms with Crippen molar-refractivity contribution in [2.75, 3.05) is 24.5 Å². The summed E-state index contributed by atoms with van der Waals surface area (Å²) in [6, 6.07) is 11.8. The quantitative estimate of drug-likeness (QED) is 0.316. The lowest BCUT2D eigenvalue weighted by atomic mass is 9.87. The summed E-state index contributed by atoms with van der Waals surface area (Å²) in [5.74, 6) is -1.31. The third kappa shape index (κ3) is 7.33. The van der Waals surface area contributed by atoms with E-state index in [-0.39, 0.29) is 41.4 Å². The van der Waals surface area contributed by atoms with Crippen LogP contribution in [0.2, 0.25) is 0 Å². The van der Waals surface area contributed by atoms with Crippen molar-refractivity contribution in [3.63, 3.8) is 0 Å². The molecule has 2 aliphatic rings.